The van der Waals surface area contributed by atoms with Crippen LogP contribution >= 0.6 is 22.7 Å². The molecule has 3 rings (SSSR count). The van der Waals surface area contributed by atoms with Gasteiger partial charge in [0.15, 0.2) is 5.13 Å². The van der Waals surface area contributed by atoms with E-state index >= 15 is 0 Å². The lowest BCUT2D eigenvalue weighted by atomic mass is 10.1. The lowest BCUT2D eigenvalue weighted by Crippen LogP contribution is -2.11. The fraction of sp³-hybridized carbons (Fsp3) is 0. The predicted octanol–water partition coefficient (Wildman–Crippen LogP) is 3.52. The van der Waals surface area contributed by atoms with Crippen LogP contribution in [0.2, 0.25) is 0 Å². The highest BCUT2D eigenvalue weighted by atomic mass is 32.1. The number of carbonyl (C=O) groups excluding carboxylic acids is 1. The van der Waals surface area contributed by atoms with Gasteiger partial charge in [-0.3, -0.25) is 10.1 Å². The highest BCUT2D eigenvalue weighted by Crippen LogP contribution is 2.23. The number of thiazole rings is 2. The summed E-state index contributed by atoms with van der Waals surface area (Å²) in [5.74, 6) is -0.159. The number of carbonyl (C=O) groups is 1. The minimum atomic E-state index is -0.159. The Morgan fingerprint density at radius 1 is 1.11 bits per heavy atom. The van der Waals surface area contributed by atoms with Crippen molar-refractivity contribution in [3.05, 3.63) is 53.0 Å². The van der Waals surface area contributed by atoms with Crippen LogP contribution in [-0.4, -0.2) is 15.9 Å². The first-order valence-corrected chi connectivity index (χ1v) is 7.29. The van der Waals surface area contributed by atoms with E-state index in [-0.39, 0.29) is 5.91 Å². The van der Waals surface area contributed by atoms with Crippen molar-refractivity contribution >= 4 is 33.7 Å². The van der Waals surface area contributed by atoms with Crippen LogP contribution < -0.4 is 5.32 Å². The largest absolute Gasteiger partial charge is 0.298 e. The highest BCUT2D eigenvalue weighted by Gasteiger charge is 2.09. The average molecular weight is 287 g/mol. The summed E-state index contributed by atoms with van der Waals surface area (Å²) in [6.45, 7) is 0. The van der Waals surface area contributed by atoms with E-state index in [2.05, 4.69) is 15.3 Å². The van der Waals surface area contributed by atoms with Gasteiger partial charge in [-0.05, 0) is 12.1 Å². The minimum absolute atomic E-state index is 0.159. The summed E-state index contributed by atoms with van der Waals surface area (Å²) < 4.78 is 0. The van der Waals surface area contributed by atoms with Crippen molar-refractivity contribution in [1.29, 1.82) is 0 Å². The van der Waals surface area contributed by atoms with Gasteiger partial charge in [0.1, 0.15) is 5.01 Å². The standard InChI is InChI=1S/C13H9N3OS2/c17-11(16-13-15-5-7-19-13)9-2-1-3-10(8-9)12-14-4-6-18-12/h1-8H,(H,15,16,17). The Bertz CT molecular complexity index is 678. The molecule has 4 nitrogen and oxygen atoms in total. The maximum Gasteiger partial charge on any atom is 0.257 e. The first-order chi connectivity index (χ1) is 9.33. The van der Waals surface area contributed by atoms with E-state index in [1.54, 1.807) is 29.8 Å². The van der Waals surface area contributed by atoms with Gasteiger partial charge < -0.3 is 0 Å². The Labute approximate surface area is 117 Å². The van der Waals surface area contributed by atoms with E-state index in [9.17, 15) is 4.79 Å². The van der Waals surface area contributed by atoms with Gasteiger partial charge in [-0.15, -0.1) is 22.7 Å². The summed E-state index contributed by atoms with van der Waals surface area (Å²) in [6.07, 6.45) is 3.41. The molecular formula is C13H9N3OS2. The molecule has 0 saturated carbocycles. The summed E-state index contributed by atoms with van der Waals surface area (Å²) in [5, 5.41) is 8.01. The average Bonchev–Trinajstić information content (AvgIpc) is 3.12. The smallest absolute Gasteiger partial charge is 0.257 e. The number of benzene rings is 1. The van der Waals surface area contributed by atoms with Crippen molar-refractivity contribution in [2.24, 2.45) is 0 Å². The van der Waals surface area contributed by atoms with Crippen LogP contribution in [0.15, 0.2) is 47.4 Å². The molecule has 0 spiro atoms. The Balaban J connectivity index is 1.85. The second-order valence-corrected chi connectivity index (χ2v) is 5.50. The van der Waals surface area contributed by atoms with Gasteiger partial charge in [0.25, 0.3) is 5.91 Å². The number of hydrogen-bond acceptors (Lipinski definition) is 5. The molecule has 2 aromatic heterocycles. The molecule has 3 aromatic rings. The number of nitrogens with one attached hydrogen (secondary N) is 1. The molecule has 0 aliphatic rings. The molecule has 94 valence electrons. The first-order valence-electron chi connectivity index (χ1n) is 5.54. The van der Waals surface area contributed by atoms with Crippen molar-refractivity contribution in [1.82, 2.24) is 9.97 Å². The monoisotopic (exact) mass is 287 g/mol. The Morgan fingerprint density at radius 2 is 1.95 bits per heavy atom. The van der Waals surface area contributed by atoms with Crippen LogP contribution in [0.1, 0.15) is 10.4 Å². The van der Waals surface area contributed by atoms with Gasteiger partial charge in [-0.25, -0.2) is 9.97 Å². The third-order valence-corrected chi connectivity index (χ3v) is 3.97. The molecule has 1 amide bonds. The number of nitrogens with zero attached hydrogens (tertiary/aromatic N) is 2. The number of rotatable bonds is 3. The molecule has 1 aromatic carbocycles. The molecule has 0 bridgehead atoms. The van der Waals surface area contributed by atoms with Crippen LogP contribution in [0.25, 0.3) is 10.6 Å². The van der Waals surface area contributed by atoms with Crippen molar-refractivity contribution in [3.63, 3.8) is 0 Å². The van der Waals surface area contributed by atoms with Crippen molar-refractivity contribution in [2.75, 3.05) is 5.32 Å². The van der Waals surface area contributed by atoms with Crippen LogP contribution in [0, 0.1) is 0 Å². The summed E-state index contributed by atoms with van der Waals surface area (Å²) in [4.78, 5) is 20.3. The fourth-order valence-corrected chi connectivity index (χ4v) is 2.77. The molecular weight excluding hydrogens is 278 g/mol. The molecule has 6 heteroatoms. The number of amides is 1. The van der Waals surface area contributed by atoms with Crippen molar-refractivity contribution in [3.8, 4) is 10.6 Å². The van der Waals surface area contributed by atoms with Crippen LogP contribution in [-0.2, 0) is 0 Å². The maximum absolute atomic E-state index is 12.1. The zero-order chi connectivity index (χ0) is 13.1. The van der Waals surface area contributed by atoms with Crippen molar-refractivity contribution < 1.29 is 4.79 Å². The van der Waals surface area contributed by atoms with Crippen LogP contribution in [0.3, 0.4) is 0 Å². The number of hydrogen-bond donors (Lipinski definition) is 1. The van der Waals surface area contributed by atoms with Gasteiger partial charge in [-0.1, -0.05) is 12.1 Å². The topological polar surface area (TPSA) is 54.9 Å². The van der Waals surface area contributed by atoms with E-state index in [1.165, 1.54) is 11.3 Å². The fourth-order valence-electron chi connectivity index (χ4n) is 1.61. The second-order valence-electron chi connectivity index (χ2n) is 3.71. The third kappa shape index (κ3) is 2.69. The quantitative estimate of drug-likeness (QED) is 0.802. The first kappa shape index (κ1) is 12.0. The van der Waals surface area contributed by atoms with Gasteiger partial charge in [0.05, 0.1) is 0 Å². The van der Waals surface area contributed by atoms with Crippen LogP contribution in [0.5, 0.6) is 0 Å². The summed E-state index contributed by atoms with van der Waals surface area (Å²) in [5.41, 5.74) is 1.55. The van der Waals surface area contributed by atoms with E-state index in [4.69, 9.17) is 0 Å². The van der Waals surface area contributed by atoms with Crippen molar-refractivity contribution in [2.45, 2.75) is 0 Å². The third-order valence-electron chi connectivity index (χ3n) is 2.46. The Kier molecular flexibility index (Phi) is 3.35. The zero-order valence-electron chi connectivity index (χ0n) is 9.74. The maximum atomic E-state index is 12.1. The van der Waals surface area contributed by atoms with Gasteiger partial charge >= 0.3 is 0 Å². The predicted molar refractivity (Wildman–Crippen MR) is 77.6 cm³/mol. The highest BCUT2D eigenvalue weighted by molar-refractivity contribution is 7.13. The molecule has 0 unspecified atom stereocenters. The SMILES string of the molecule is O=C(Nc1nccs1)c1cccc(-c2nccs2)c1. The summed E-state index contributed by atoms with van der Waals surface area (Å²) in [6, 6.07) is 7.41. The molecule has 0 atom stereocenters. The molecule has 0 aliphatic heterocycles. The van der Waals surface area contributed by atoms with E-state index in [0.29, 0.717) is 10.7 Å². The molecule has 1 N–H and O–H groups in total. The second kappa shape index (κ2) is 5.29. The van der Waals surface area contributed by atoms with Gasteiger partial charge in [-0.2, -0.15) is 0 Å². The van der Waals surface area contributed by atoms with Gasteiger partial charge in [0.2, 0.25) is 0 Å². The molecule has 0 fully saturated rings. The van der Waals surface area contributed by atoms with E-state index < -0.39 is 0 Å². The lowest BCUT2D eigenvalue weighted by molar-refractivity contribution is 0.102. The molecule has 0 radical (unpaired) electrons. The summed E-state index contributed by atoms with van der Waals surface area (Å²) >= 11 is 2.94. The summed E-state index contributed by atoms with van der Waals surface area (Å²) in [7, 11) is 0. The zero-order valence-corrected chi connectivity index (χ0v) is 11.4. The molecule has 2 heterocycles. The van der Waals surface area contributed by atoms with E-state index in [1.807, 2.05) is 29.0 Å². The number of aromatic nitrogens is 2. The minimum Gasteiger partial charge on any atom is -0.298 e. The van der Waals surface area contributed by atoms with Crippen LogP contribution in [0.4, 0.5) is 5.13 Å². The normalized spacial score (nSPS) is 10.3. The molecule has 19 heavy (non-hydrogen) atoms. The lowest BCUT2D eigenvalue weighted by Gasteiger charge is -2.03. The number of anilines is 1. The Morgan fingerprint density at radius 3 is 2.68 bits per heavy atom. The van der Waals surface area contributed by atoms with Gasteiger partial charge in [0, 0.05) is 34.3 Å². The molecule has 0 aliphatic carbocycles. The Hall–Kier alpha value is -2.05. The molecule has 0 saturated heterocycles. The van der Waals surface area contributed by atoms with E-state index in [0.717, 1.165) is 10.6 Å².